The van der Waals surface area contributed by atoms with Crippen LogP contribution in [0.5, 0.6) is 0 Å². The van der Waals surface area contributed by atoms with Gasteiger partial charge >= 0.3 is 52.6 Å². The molecule has 0 heterocycles. The molecule has 0 saturated heterocycles. The van der Waals surface area contributed by atoms with Crippen LogP contribution in [0.4, 0.5) is 0 Å². The molecule has 0 spiro atoms. The smallest absolute Gasteiger partial charge is 1.00 e. The van der Waals surface area contributed by atoms with E-state index < -0.39 is 0 Å². The van der Waals surface area contributed by atoms with Crippen molar-refractivity contribution in [2.45, 2.75) is 0 Å². The Balaban J connectivity index is 0. The Hall–Kier alpha value is 1.63. The number of hydrogen-bond acceptors (Lipinski definition) is 0. The van der Waals surface area contributed by atoms with E-state index in [2.05, 4.69) is 0 Å². The quantitative estimate of drug-likeness (QED) is 0.257. The summed E-state index contributed by atoms with van der Waals surface area (Å²) < 4.78 is 0. The molecule has 0 aliphatic carbocycles. The van der Waals surface area contributed by atoms with Crippen molar-refractivity contribution in [2.24, 2.45) is 0 Å². The summed E-state index contributed by atoms with van der Waals surface area (Å²) in [6.45, 7) is 0. The van der Waals surface area contributed by atoms with Crippen LogP contribution in [0.2, 0.25) is 0 Å². The van der Waals surface area contributed by atoms with Crippen molar-refractivity contribution in [3.05, 3.63) is 0 Å². The molecule has 0 saturated carbocycles. The van der Waals surface area contributed by atoms with Gasteiger partial charge in [0.2, 0.25) is 0 Å². The van der Waals surface area contributed by atoms with Gasteiger partial charge in [-0.05, 0) is 0 Å². The molecule has 0 atom stereocenters. The van der Waals surface area contributed by atoms with Gasteiger partial charge in [-0.25, -0.2) is 0 Å². The van der Waals surface area contributed by atoms with Crippen LogP contribution < -0.4 is 39.0 Å². The molecule has 0 rings (SSSR count). The van der Waals surface area contributed by atoms with Crippen molar-refractivity contribution in [1.29, 1.82) is 0 Å². The van der Waals surface area contributed by atoms with E-state index in [1.165, 1.54) is 0 Å². The molecule has 0 aromatic heterocycles. The zero-order chi connectivity index (χ0) is 0. The normalized spacial score (nSPS) is 0. The second-order valence-electron chi connectivity index (χ2n) is 0. The predicted molar refractivity (Wildman–Crippen MR) is 6.87 cm³/mol. The van der Waals surface area contributed by atoms with Gasteiger partial charge in [-0.2, -0.15) is 0 Å². The summed E-state index contributed by atoms with van der Waals surface area (Å²) in [6.07, 6.45) is 0. The molecule has 0 radical (unpaired) electrons. The maximum atomic E-state index is 0. The first kappa shape index (κ1) is 45.5. The molecule has 0 aromatic rings. The first-order valence-electron chi connectivity index (χ1n) is 0. The van der Waals surface area contributed by atoms with E-state index in [-0.39, 0.29) is 63.4 Å². The average Bonchev–Trinajstić information content (AvgIpc) is 0. The first-order valence-corrected chi connectivity index (χ1v) is 0. The molecule has 0 amide bonds. The van der Waals surface area contributed by atoms with Crippen LogP contribution in [0, 0.1) is 0 Å². The zero-order valence-corrected chi connectivity index (χ0v) is 5.88. The van der Waals surface area contributed by atoms with Crippen molar-refractivity contribution < 1.29 is 40.4 Å². The third-order valence-corrected chi connectivity index (χ3v) is 0. The predicted octanol–water partition coefficient (Wildman–Crippen LogP) is -9.26. The number of halogens is 2. The fourth-order valence-electron chi connectivity index (χ4n) is 0. The van der Waals surface area contributed by atoms with Gasteiger partial charge in [0, 0.05) is 0 Å². The van der Waals surface area contributed by atoms with Crippen molar-refractivity contribution in [3.8, 4) is 0 Å². The van der Waals surface area contributed by atoms with E-state index >= 15 is 0 Å². The molecular formula is HF2MgNa. The minimum absolute atomic E-state index is 0. The van der Waals surface area contributed by atoms with Crippen LogP contribution in [0.1, 0.15) is 1.43 Å². The van der Waals surface area contributed by atoms with Gasteiger partial charge < -0.3 is 10.8 Å². The molecule has 4 heteroatoms. The van der Waals surface area contributed by atoms with Crippen LogP contribution in [-0.2, 0) is 0 Å². The Kier molecular flexibility index (Phi) is 262. The molecule has 0 fully saturated rings. The molecule has 18 valence electrons. The SMILES string of the molecule is [F-].[F-].[H-].[Mg+2].[Na+]. The van der Waals surface area contributed by atoms with Gasteiger partial charge in [-0.15, -0.1) is 0 Å². The minimum Gasteiger partial charge on any atom is -1.00 e. The Morgan fingerprint density at radius 1 is 1.00 bits per heavy atom. The second-order valence-corrected chi connectivity index (χ2v) is 0. The van der Waals surface area contributed by atoms with Gasteiger partial charge in [-0.1, -0.05) is 0 Å². The van der Waals surface area contributed by atoms with Crippen LogP contribution in [0.3, 0.4) is 0 Å². The second kappa shape index (κ2) is 23.0. The van der Waals surface area contributed by atoms with E-state index in [1.807, 2.05) is 0 Å². The minimum atomic E-state index is 0. The Labute approximate surface area is 63.0 Å². The van der Waals surface area contributed by atoms with Gasteiger partial charge in [-0.3, -0.25) is 0 Å². The van der Waals surface area contributed by atoms with Crippen molar-refractivity contribution >= 4 is 23.1 Å². The maximum Gasteiger partial charge on any atom is 2.00 e. The molecule has 0 aromatic carbocycles. The van der Waals surface area contributed by atoms with Gasteiger partial charge in [0.25, 0.3) is 0 Å². The van der Waals surface area contributed by atoms with Crippen molar-refractivity contribution in [2.75, 3.05) is 0 Å². The monoisotopic (exact) mass is 86.0 g/mol. The summed E-state index contributed by atoms with van der Waals surface area (Å²) in [6, 6.07) is 0. The van der Waals surface area contributed by atoms with Crippen LogP contribution >= 0.6 is 0 Å². The summed E-state index contributed by atoms with van der Waals surface area (Å²) in [7, 11) is 0. The maximum absolute atomic E-state index is 0. The Morgan fingerprint density at radius 2 is 1.00 bits per heavy atom. The Morgan fingerprint density at radius 3 is 1.00 bits per heavy atom. The Bertz CT molecular complexity index is 9.61. The molecular weight excluding hydrogens is 85.3 g/mol. The third kappa shape index (κ3) is 9.46. The van der Waals surface area contributed by atoms with Crippen molar-refractivity contribution in [1.82, 2.24) is 0 Å². The molecule has 4 heavy (non-hydrogen) atoms. The molecule has 0 aliphatic rings. The van der Waals surface area contributed by atoms with E-state index in [0.29, 0.717) is 0 Å². The summed E-state index contributed by atoms with van der Waals surface area (Å²) >= 11 is 0. The van der Waals surface area contributed by atoms with Crippen LogP contribution in [0.15, 0.2) is 0 Å². The van der Waals surface area contributed by atoms with Gasteiger partial charge in [0.1, 0.15) is 0 Å². The summed E-state index contributed by atoms with van der Waals surface area (Å²) in [5.41, 5.74) is 0. The standard InChI is InChI=1S/2FH.Mg.Na.H/h2*1H;;;/q;;+2;+1;-1/p-2. The fraction of sp³-hybridized carbons (Fsp3) is 0. The van der Waals surface area contributed by atoms with Crippen LogP contribution in [-0.4, -0.2) is 23.1 Å². The van der Waals surface area contributed by atoms with E-state index in [1.54, 1.807) is 0 Å². The van der Waals surface area contributed by atoms with Gasteiger partial charge in [0.05, 0.1) is 0 Å². The van der Waals surface area contributed by atoms with E-state index in [9.17, 15) is 0 Å². The van der Waals surface area contributed by atoms with Gasteiger partial charge in [0.15, 0.2) is 0 Å². The topological polar surface area (TPSA) is 0 Å². The number of hydrogen-bond donors (Lipinski definition) is 0. The summed E-state index contributed by atoms with van der Waals surface area (Å²) in [5.74, 6) is 0. The zero-order valence-electron chi connectivity index (χ0n) is 3.46. The summed E-state index contributed by atoms with van der Waals surface area (Å²) in [5, 5.41) is 0. The average molecular weight is 86.3 g/mol. The third-order valence-electron chi connectivity index (χ3n) is 0. The molecule has 0 unspecified atom stereocenters. The molecule has 0 bridgehead atoms. The van der Waals surface area contributed by atoms with E-state index in [4.69, 9.17) is 0 Å². The largest absolute Gasteiger partial charge is 2.00 e. The molecule has 0 N–H and O–H groups in total. The van der Waals surface area contributed by atoms with Crippen LogP contribution in [0.25, 0.3) is 0 Å². The van der Waals surface area contributed by atoms with Crippen molar-refractivity contribution in [3.63, 3.8) is 0 Å². The first-order chi connectivity index (χ1) is 0. The molecule has 0 nitrogen and oxygen atoms in total. The summed E-state index contributed by atoms with van der Waals surface area (Å²) in [4.78, 5) is 0. The number of rotatable bonds is 0. The molecule has 0 aliphatic heterocycles. The fourth-order valence-corrected chi connectivity index (χ4v) is 0. The van der Waals surface area contributed by atoms with E-state index in [0.717, 1.165) is 0 Å².